The lowest BCUT2D eigenvalue weighted by molar-refractivity contribution is 0.588. The molecule has 0 N–H and O–H groups in total. The molecule has 0 saturated heterocycles. The summed E-state index contributed by atoms with van der Waals surface area (Å²) in [5, 5.41) is 0. The molecule has 0 aliphatic carbocycles. The van der Waals surface area contributed by atoms with E-state index in [1.165, 1.54) is 50.5 Å². The molecule has 0 radical (unpaired) electrons. The second-order valence-electron chi connectivity index (χ2n) is 4.66. The number of aryl methyl sites for hydroxylation is 1. The van der Waals surface area contributed by atoms with Gasteiger partial charge in [0.1, 0.15) is 0 Å². The van der Waals surface area contributed by atoms with Gasteiger partial charge in [0.25, 0.3) is 0 Å². The summed E-state index contributed by atoms with van der Waals surface area (Å²) >= 11 is 8.90. The van der Waals surface area contributed by atoms with E-state index in [-0.39, 0.29) is 0 Å². The molecule has 17 heavy (non-hydrogen) atoms. The molecule has 0 unspecified atom stereocenters. The monoisotopic (exact) mass is 268 g/mol. The van der Waals surface area contributed by atoms with Gasteiger partial charge in [0, 0.05) is 9.79 Å². The van der Waals surface area contributed by atoms with E-state index in [4.69, 9.17) is 0 Å². The Morgan fingerprint density at radius 1 is 0.882 bits per heavy atom. The van der Waals surface area contributed by atoms with Crippen LogP contribution in [0.15, 0.2) is 28.0 Å². The highest BCUT2D eigenvalue weighted by Crippen LogP contribution is 2.23. The minimum Gasteiger partial charge on any atom is -0.142 e. The molecule has 0 fully saturated rings. The lowest BCUT2D eigenvalue weighted by Gasteiger charge is -2.07. The quantitative estimate of drug-likeness (QED) is 0.448. The maximum atomic E-state index is 4.51. The molecule has 0 aliphatic heterocycles. The van der Waals surface area contributed by atoms with Crippen molar-refractivity contribution in [2.45, 2.75) is 68.1 Å². The SMILES string of the molecule is CCCCCCCCCc1cccc(S)c1S. The minimum atomic E-state index is 0.994. The van der Waals surface area contributed by atoms with Gasteiger partial charge >= 0.3 is 0 Å². The average Bonchev–Trinajstić information content (AvgIpc) is 2.33. The minimum absolute atomic E-state index is 0.994. The molecule has 0 amide bonds. The zero-order valence-electron chi connectivity index (χ0n) is 10.8. The van der Waals surface area contributed by atoms with Gasteiger partial charge in [-0.25, -0.2) is 0 Å². The molecular formula is C15H24S2. The lowest BCUT2D eigenvalue weighted by atomic mass is 10.0. The average molecular weight is 268 g/mol. The van der Waals surface area contributed by atoms with Crippen LogP contribution in [0, 0.1) is 0 Å². The van der Waals surface area contributed by atoms with Crippen LogP contribution in [0.4, 0.5) is 0 Å². The van der Waals surface area contributed by atoms with Gasteiger partial charge < -0.3 is 0 Å². The van der Waals surface area contributed by atoms with E-state index in [0.717, 1.165) is 16.2 Å². The molecule has 0 spiro atoms. The maximum Gasteiger partial charge on any atom is 0.0206 e. The van der Waals surface area contributed by atoms with Gasteiger partial charge in [-0.1, -0.05) is 57.6 Å². The first-order valence-electron chi connectivity index (χ1n) is 6.75. The molecule has 1 rings (SSSR count). The topological polar surface area (TPSA) is 0 Å². The summed E-state index contributed by atoms with van der Waals surface area (Å²) in [6, 6.07) is 6.23. The van der Waals surface area contributed by atoms with E-state index in [0.29, 0.717) is 0 Å². The number of hydrogen-bond acceptors (Lipinski definition) is 2. The van der Waals surface area contributed by atoms with Gasteiger partial charge in [0.15, 0.2) is 0 Å². The molecule has 0 atom stereocenters. The molecule has 0 aromatic heterocycles. The first kappa shape index (κ1) is 15.0. The zero-order chi connectivity index (χ0) is 12.5. The summed E-state index contributed by atoms with van der Waals surface area (Å²) in [6.45, 7) is 2.26. The summed E-state index contributed by atoms with van der Waals surface area (Å²) in [6.07, 6.45) is 10.7. The number of rotatable bonds is 8. The van der Waals surface area contributed by atoms with Crippen molar-refractivity contribution < 1.29 is 0 Å². The first-order valence-corrected chi connectivity index (χ1v) is 7.65. The Bertz CT molecular complexity index is 321. The van der Waals surface area contributed by atoms with Crippen molar-refractivity contribution in [2.75, 3.05) is 0 Å². The fraction of sp³-hybridized carbons (Fsp3) is 0.600. The van der Waals surface area contributed by atoms with Crippen LogP contribution < -0.4 is 0 Å². The van der Waals surface area contributed by atoms with Crippen molar-refractivity contribution in [3.8, 4) is 0 Å². The Kier molecular flexibility index (Phi) is 7.87. The van der Waals surface area contributed by atoms with Crippen LogP contribution in [-0.4, -0.2) is 0 Å². The summed E-state index contributed by atoms with van der Waals surface area (Å²) in [5.74, 6) is 0. The van der Waals surface area contributed by atoms with Crippen LogP contribution in [0.1, 0.15) is 57.4 Å². The van der Waals surface area contributed by atoms with E-state index in [1.54, 1.807) is 0 Å². The summed E-state index contributed by atoms with van der Waals surface area (Å²) in [5.41, 5.74) is 1.34. The molecule has 1 aromatic carbocycles. The standard InChI is InChI=1S/C15H24S2/c1-2-3-4-5-6-7-8-10-13-11-9-12-14(16)15(13)17/h9,11-12,16-17H,2-8,10H2,1H3. The number of benzene rings is 1. The third-order valence-corrected chi connectivity index (χ3v) is 4.23. The number of thiol groups is 2. The van der Waals surface area contributed by atoms with Crippen molar-refractivity contribution >= 4 is 25.3 Å². The molecular weight excluding hydrogens is 244 g/mol. The van der Waals surface area contributed by atoms with Crippen molar-refractivity contribution in [3.63, 3.8) is 0 Å². The van der Waals surface area contributed by atoms with E-state index >= 15 is 0 Å². The fourth-order valence-electron chi connectivity index (χ4n) is 2.05. The van der Waals surface area contributed by atoms with Gasteiger partial charge in [-0.2, -0.15) is 0 Å². The van der Waals surface area contributed by atoms with Gasteiger partial charge in [0.2, 0.25) is 0 Å². The first-order chi connectivity index (χ1) is 8.25. The van der Waals surface area contributed by atoms with Gasteiger partial charge in [0.05, 0.1) is 0 Å². The summed E-state index contributed by atoms with van der Waals surface area (Å²) in [7, 11) is 0. The molecule has 0 bridgehead atoms. The van der Waals surface area contributed by atoms with Crippen molar-refractivity contribution in [1.82, 2.24) is 0 Å². The Balaban J connectivity index is 2.16. The Morgan fingerprint density at radius 3 is 2.24 bits per heavy atom. The van der Waals surface area contributed by atoms with E-state index in [2.05, 4.69) is 44.3 Å². The molecule has 0 nitrogen and oxygen atoms in total. The van der Waals surface area contributed by atoms with Crippen LogP contribution in [-0.2, 0) is 6.42 Å². The number of hydrogen-bond donors (Lipinski definition) is 2. The van der Waals surface area contributed by atoms with Gasteiger partial charge in [-0.05, 0) is 24.5 Å². The highest BCUT2D eigenvalue weighted by molar-refractivity contribution is 7.83. The van der Waals surface area contributed by atoms with E-state index < -0.39 is 0 Å². The Morgan fingerprint density at radius 2 is 1.53 bits per heavy atom. The van der Waals surface area contributed by atoms with Crippen LogP contribution in [0.3, 0.4) is 0 Å². The molecule has 0 heterocycles. The zero-order valence-corrected chi connectivity index (χ0v) is 12.6. The third kappa shape index (κ3) is 5.87. The highest BCUT2D eigenvalue weighted by Gasteiger charge is 2.01. The largest absolute Gasteiger partial charge is 0.142 e. The van der Waals surface area contributed by atoms with Crippen LogP contribution >= 0.6 is 25.3 Å². The van der Waals surface area contributed by atoms with Gasteiger partial charge in [-0.3, -0.25) is 0 Å². The summed E-state index contributed by atoms with van der Waals surface area (Å²) < 4.78 is 0. The van der Waals surface area contributed by atoms with Crippen molar-refractivity contribution in [1.29, 1.82) is 0 Å². The predicted molar refractivity (Wildman–Crippen MR) is 82.6 cm³/mol. The van der Waals surface area contributed by atoms with Gasteiger partial charge in [-0.15, -0.1) is 25.3 Å². The smallest absolute Gasteiger partial charge is 0.0206 e. The van der Waals surface area contributed by atoms with E-state index in [1.807, 2.05) is 6.07 Å². The Hall–Kier alpha value is -0.0800. The molecule has 1 aromatic rings. The maximum absolute atomic E-state index is 4.51. The molecule has 2 heteroatoms. The van der Waals surface area contributed by atoms with E-state index in [9.17, 15) is 0 Å². The number of unbranched alkanes of at least 4 members (excludes halogenated alkanes) is 6. The normalized spacial score (nSPS) is 10.8. The Labute approximate surface area is 117 Å². The lowest BCUT2D eigenvalue weighted by Crippen LogP contribution is -1.89. The fourth-order valence-corrected chi connectivity index (χ4v) is 2.54. The van der Waals surface area contributed by atoms with Crippen LogP contribution in [0.5, 0.6) is 0 Å². The molecule has 96 valence electrons. The highest BCUT2D eigenvalue weighted by atomic mass is 32.1. The molecule has 0 saturated carbocycles. The molecule has 0 aliphatic rings. The summed E-state index contributed by atoms with van der Waals surface area (Å²) in [4.78, 5) is 2.05. The van der Waals surface area contributed by atoms with Crippen molar-refractivity contribution in [3.05, 3.63) is 23.8 Å². The van der Waals surface area contributed by atoms with Crippen LogP contribution in [0.2, 0.25) is 0 Å². The van der Waals surface area contributed by atoms with Crippen LogP contribution in [0.25, 0.3) is 0 Å². The predicted octanol–water partition coefficient (Wildman–Crippen LogP) is 5.56. The van der Waals surface area contributed by atoms with Crippen molar-refractivity contribution in [2.24, 2.45) is 0 Å². The third-order valence-electron chi connectivity index (χ3n) is 3.15. The second kappa shape index (κ2) is 8.93. The second-order valence-corrected chi connectivity index (χ2v) is 5.59.